The van der Waals surface area contributed by atoms with Gasteiger partial charge in [-0.15, -0.1) is 0 Å². The molecule has 21 heavy (non-hydrogen) atoms. The first-order chi connectivity index (χ1) is 10.2. The zero-order chi connectivity index (χ0) is 15.2. The Kier molecular flexibility index (Phi) is 5.20. The van der Waals surface area contributed by atoms with E-state index in [1.165, 1.54) is 0 Å². The molecule has 0 aliphatic heterocycles. The Bertz CT molecular complexity index is 680. The predicted octanol–water partition coefficient (Wildman–Crippen LogP) is 3.37. The second-order valence-electron chi connectivity index (χ2n) is 4.39. The normalized spacial score (nSPS) is 10.0. The van der Waals surface area contributed by atoms with E-state index in [1.807, 2.05) is 24.3 Å². The Morgan fingerprint density at radius 1 is 1.19 bits per heavy atom. The van der Waals surface area contributed by atoms with Crippen molar-refractivity contribution >= 4 is 15.9 Å². The fourth-order valence-corrected chi connectivity index (χ4v) is 2.35. The molecule has 0 aliphatic rings. The SMILES string of the molecule is COc1ccc(COc2ccc(Br)cc2CN)cc1C#N. The molecule has 0 unspecified atom stereocenters. The van der Waals surface area contributed by atoms with Crippen LogP contribution in [0.3, 0.4) is 0 Å². The van der Waals surface area contributed by atoms with Gasteiger partial charge in [0, 0.05) is 16.6 Å². The first-order valence-electron chi connectivity index (χ1n) is 6.36. The summed E-state index contributed by atoms with van der Waals surface area (Å²) in [6.45, 7) is 0.772. The molecule has 0 aliphatic carbocycles. The van der Waals surface area contributed by atoms with Gasteiger partial charge in [-0.2, -0.15) is 5.26 Å². The summed E-state index contributed by atoms with van der Waals surface area (Å²) in [4.78, 5) is 0. The summed E-state index contributed by atoms with van der Waals surface area (Å²) >= 11 is 3.41. The molecule has 0 heterocycles. The molecule has 5 heteroatoms. The Morgan fingerprint density at radius 3 is 2.62 bits per heavy atom. The van der Waals surface area contributed by atoms with E-state index in [-0.39, 0.29) is 0 Å². The maximum atomic E-state index is 9.08. The Balaban J connectivity index is 2.15. The summed E-state index contributed by atoms with van der Waals surface area (Å²) in [5.41, 5.74) is 8.04. The lowest BCUT2D eigenvalue weighted by atomic mass is 10.1. The van der Waals surface area contributed by atoms with Crippen molar-refractivity contribution in [2.75, 3.05) is 7.11 Å². The maximum absolute atomic E-state index is 9.08. The monoisotopic (exact) mass is 346 g/mol. The van der Waals surface area contributed by atoms with Gasteiger partial charge in [-0.1, -0.05) is 22.0 Å². The van der Waals surface area contributed by atoms with Crippen LogP contribution in [0.25, 0.3) is 0 Å². The van der Waals surface area contributed by atoms with Gasteiger partial charge in [0.25, 0.3) is 0 Å². The number of halogens is 1. The third kappa shape index (κ3) is 3.75. The van der Waals surface area contributed by atoms with E-state index in [1.54, 1.807) is 19.2 Å². The highest BCUT2D eigenvalue weighted by Gasteiger charge is 2.06. The number of rotatable bonds is 5. The molecule has 2 aromatic carbocycles. The van der Waals surface area contributed by atoms with Crippen LogP contribution in [-0.4, -0.2) is 7.11 Å². The number of nitrogens with zero attached hydrogens (tertiary/aromatic N) is 1. The van der Waals surface area contributed by atoms with Crippen molar-refractivity contribution in [2.24, 2.45) is 5.73 Å². The number of nitriles is 1. The van der Waals surface area contributed by atoms with Crippen molar-refractivity contribution in [3.63, 3.8) is 0 Å². The van der Waals surface area contributed by atoms with Gasteiger partial charge in [-0.05, 0) is 35.9 Å². The van der Waals surface area contributed by atoms with E-state index in [0.717, 1.165) is 21.3 Å². The van der Waals surface area contributed by atoms with Crippen molar-refractivity contribution in [1.82, 2.24) is 0 Å². The zero-order valence-corrected chi connectivity index (χ0v) is 13.2. The second kappa shape index (κ2) is 7.11. The van der Waals surface area contributed by atoms with E-state index < -0.39 is 0 Å². The molecule has 0 aromatic heterocycles. The molecule has 2 rings (SSSR count). The van der Waals surface area contributed by atoms with Crippen LogP contribution in [0.5, 0.6) is 11.5 Å². The van der Waals surface area contributed by atoms with Gasteiger partial charge < -0.3 is 15.2 Å². The van der Waals surface area contributed by atoms with Crippen LogP contribution in [0.2, 0.25) is 0 Å². The lowest BCUT2D eigenvalue weighted by Gasteiger charge is -2.11. The molecule has 2 aromatic rings. The number of hydrogen-bond acceptors (Lipinski definition) is 4. The molecule has 2 N–H and O–H groups in total. The number of methoxy groups -OCH3 is 1. The molecule has 0 saturated heterocycles. The third-order valence-electron chi connectivity index (χ3n) is 3.02. The summed E-state index contributed by atoms with van der Waals surface area (Å²) < 4.78 is 11.9. The van der Waals surface area contributed by atoms with Crippen LogP contribution < -0.4 is 15.2 Å². The van der Waals surface area contributed by atoms with Gasteiger partial charge in [-0.25, -0.2) is 0 Å². The van der Waals surface area contributed by atoms with Crippen LogP contribution in [0.15, 0.2) is 40.9 Å². The first kappa shape index (κ1) is 15.4. The standard InChI is InChI=1S/C16H15BrN2O2/c1-20-15-4-2-11(6-12(15)8-18)10-21-16-5-3-14(17)7-13(16)9-19/h2-7H,9-10,19H2,1H3. The maximum Gasteiger partial charge on any atom is 0.136 e. The van der Waals surface area contributed by atoms with E-state index >= 15 is 0 Å². The van der Waals surface area contributed by atoms with Crippen LogP contribution in [0.4, 0.5) is 0 Å². The van der Waals surface area contributed by atoms with Gasteiger partial charge >= 0.3 is 0 Å². The molecule has 0 bridgehead atoms. The topological polar surface area (TPSA) is 68.3 Å². The molecule has 0 atom stereocenters. The second-order valence-corrected chi connectivity index (χ2v) is 5.31. The minimum Gasteiger partial charge on any atom is -0.495 e. The van der Waals surface area contributed by atoms with Crippen molar-refractivity contribution in [2.45, 2.75) is 13.2 Å². The molecule has 4 nitrogen and oxygen atoms in total. The van der Waals surface area contributed by atoms with Crippen molar-refractivity contribution < 1.29 is 9.47 Å². The minimum absolute atomic E-state index is 0.368. The predicted molar refractivity (Wildman–Crippen MR) is 84.1 cm³/mol. The molecule has 0 spiro atoms. The fraction of sp³-hybridized carbons (Fsp3) is 0.188. The van der Waals surface area contributed by atoms with E-state index in [0.29, 0.717) is 24.5 Å². The average Bonchev–Trinajstić information content (AvgIpc) is 2.53. The lowest BCUT2D eigenvalue weighted by Crippen LogP contribution is -2.03. The number of ether oxygens (including phenoxy) is 2. The van der Waals surface area contributed by atoms with Crippen molar-refractivity contribution in [3.05, 3.63) is 57.6 Å². The first-order valence-corrected chi connectivity index (χ1v) is 7.15. The van der Waals surface area contributed by atoms with Crippen LogP contribution in [-0.2, 0) is 13.2 Å². The van der Waals surface area contributed by atoms with Gasteiger partial charge in [0.2, 0.25) is 0 Å². The number of benzene rings is 2. The molecule has 0 amide bonds. The quantitative estimate of drug-likeness (QED) is 0.901. The Hall–Kier alpha value is -2.03. The summed E-state index contributed by atoms with van der Waals surface area (Å²) in [6.07, 6.45) is 0. The molecule has 0 fully saturated rings. The Labute approximate surface area is 132 Å². The van der Waals surface area contributed by atoms with E-state index in [4.69, 9.17) is 20.5 Å². The fourth-order valence-electron chi connectivity index (χ4n) is 1.94. The largest absolute Gasteiger partial charge is 0.495 e. The molecule has 108 valence electrons. The highest BCUT2D eigenvalue weighted by molar-refractivity contribution is 9.10. The van der Waals surface area contributed by atoms with Gasteiger partial charge in [-0.3, -0.25) is 0 Å². The Morgan fingerprint density at radius 2 is 1.95 bits per heavy atom. The molecular weight excluding hydrogens is 332 g/mol. The average molecular weight is 347 g/mol. The summed E-state index contributed by atoms with van der Waals surface area (Å²) in [5, 5.41) is 9.08. The van der Waals surface area contributed by atoms with Crippen LogP contribution in [0.1, 0.15) is 16.7 Å². The van der Waals surface area contributed by atoms with Crippen LogP contribution in [0, 0.1) is 11.3 Å². The minimum atomic E-state index is 0.368. The van der Waals surface area contributed by atoms with E-state index in [2.05, 4.69) is 22.0 Å². The molecule has 0 radical (unpaired) electrons. The zero-order valence-electron chi connectivity index (χ0n) is 11.6. The highest BCUT2D eigenvalue weighted by atomic mass is 79.9. The molecular formula is C16H15BrN2O2. The van der Waals surface area contributed by atoms with Gasteiger partial charge in [0.1, 0.15) is 24.2 Å². The summed E-state index contributed by atoms with van der Waals surface area (Å²) in [6, 6.07) is 13.2. The van der Waals surface area contributed by atoms with Gasteiger partial charge in [0.05, 0.1) is 12.7 Å². The molecule has 0 saturated carbocycles. The lowest BCUT2D eigenvalue weighted by molar-refractivity contribution is 0.302. The number of nitrogens with two attached hydrogens (primary N) is 1. The van der Waals surface area contributed by atoms with E-state index in [9.17, 15) is 0 Å². The summed E-state index contributed by atoms with van der Waals surface area (Å²) in [5.74, 6) is 1.31. The van der Waals surface area contributed by atoms with Gasteiger partial charge in [0.15, 0.2) is 0 Å². The van der Waals surface area contributed by atoms with Crippen LogP contribution >= 0.6 is 15.9 Å². The number of hydrogen-bond donors (Lipinski definition) is 1. The summed E-state index contributed by atoms with van der Waals surface area (Å²) in [7, 11) is 1.54. The highest BCUT2D eigenvalue weighted by Crippen LogP contribution is 2.25. The van der Waals surface area contributed by atoms with Crippen molar-refractivity contribution in [1.29, 1.82) is 5.26 Å². The smallest absolute Gasteiger partial charge is 0.136 e. The third-order valence-corrected chi connectivity index (χ3v) is 3.51. The van der Waals surface area contributed by atoms with Crippen molar-refractivity contribution in [3.8, 4) is 17.6 Å².